The molecule has 1 heterocycles. The van der Waals surface area contributed by atoms with Crippen molar-refractivity contribution >= 4 is 12.0 Å². The number of urea groups is 1. The third-order valence-corrected chi connectivity index (χ3v) is 5.48. The van der Waals surface area contributed by atoms with Crippen LogP contribution in [-0.2, 0) is 11.3 Å². The van der Waals surface area contributed by atoms with Crippen molar-refractivity contribution in [3.05, 3.63) is 58.7 Å². The molecule has 0 saturated carbocycles. The summed E-state index contributed by atoms with van der Waals surface area (Å²) in [6, 6.07) is 11.3. The van der Waals surface area contributed by atoms with E-state index < -0.39 is 5.97 Å². The van der Waals surface area contributed by atoms with E-state index in [0.29, 0.717) is 30.9 Å². The molecule has 1 fully saturated rings. The summed E-state index contributed by atoms with van der Waals surface area (Å²) in [6.45, 7) is 5.68. The number of rotatable bonds is 6. The Kier molecular flexibility index (Phi) is 7.39. The van der Waals surface area contributed by atoms with Crippen LogP contribution in [0.2, 0.25) is 0 Å². The molecule has 7 nitrogen and oxygen atoms in total. The Morgan fingerprint density at radius 3 is 2.45 bits per heavy atom. The van der Waals surface area contributed by atoms with Gasteiger partial charge in [-0.1, -0.05) is 18.2 Å². The molecule has 2 aromatic rings. The number of nitrogens with one attached hydrogen (secondary N) is 1. The Labute approximate surface area is 183 Å². The van der Waals surface area contributed by atoms with Crippen molar-refractivity contribution in [2.45, 2.75) is 39.3 Å². The highest BCUT2D eigenvalue weighted by molar-refractivity contribution is 5.92. The molecule has 0 spiro atoms. The molecule has 0 unspecified atom stereocenters. The number of ether oxygens (including phenoxy) is 3. The highest BCUT2D eigenvalue weighted by Gasteiger charge is 2.24. The number of piperidine rings is 1. The van der Waals surface area contributed by atoms with Gasteiger partial charge in [-0.3, -0.25) is 0 Å². The lowest BCUT2D eigenvalue weighted by Gasteiger charge is -2.32. The number of carbonyl (C=O) groups excluding carboxylic acids is 2. The zero-order valence-corrected chi connectivity index (χ0v) is 18.6. The van der Waals surface area contributed by atoms with Crippen LogP contribution in [-0.4, -0.2) is 50.3 Å². The molecule has 1 N–H and O–H groups in total. The molecule has 7 heteroatoms. The molecule has 0 atom stereocenters. The Bertz CT molecular complexity index is 936. The lowest BCUT2D eigenvalue weighted by molar-refractivity contribution is 0.0597. The first-order chi connectivity index (χ1) is 14.9. The first-order valence-corrected chi connectivity index (χ1v) is 10.4. The smallest absolute Gasteiger partial charge is 0.341 e. The lowest BCUT2D eigenvalue weighted by atomic mass is 10.1. The van der Waals surface area contributed by atoms with Crippen molar-refractivity contribution < 1.29 is 23.8 Å². The van der Waals surface area contributed by atoms with Gasteiger partial charge in [-0.15, -0.1) is 0 Å². The zero-order valence-electron chi connectivity index (χ0n) is 18.6. The van der Waals surface area contributed by atoms with Gasteiger partial charge in [-0.25, -0.2) is 9.59 Å². The van der Waals surface area contributed by atoms with Crippen LogP contribution in [0.25, 0.3) is 0 Å². The van der Waals surface area contributed by atoms with Gasteiger partial charge in [0.25, 0.3) is 0 Å². The predicted molar refractivity (Wildman–Crippen MR) is 118 cm³/mol. The fourth-order valence-electron chi connectivity index (χ4n) is 3.61. The Morgan fingerprint density at radius 1 is 1.03 bits per heavy atom. The molecule has 1 aliphatic rings. The third-order valence-electron chi connectivity index (χ3n) is 5.48. The van der Waals surface area contributed by atoms with E-state index >= 15 is 0 Å². The molecule has 0 radical (unpaired) electrons. The van der Waals surface area contributed by atoms with E-state index in [1.54, 1.807) is 17.0 Å². The van der Waals surface area contributed by atoms with Crippen LogP contribution in [0.1, 0.15) is 39.9 Å². The van der Waals surface area contributed by atoms with E-state index in [9.17, 15) is 9.59 Å². The van der Waals surface area contributed by atoms with Crippen molar-refractivity contribution in [2.24, 2.45) is 0 Å². The van der Waals surface area contributed by atoms with Crippen LogP contribution in [0.5, 0.6) is 11.5 Å². The largest absolute Gasteiger partial charge is 0.496 e. The fraction of sp³-hybridized carbons (Fsp3) is 0.417. The number of likely N-dealkylation sites (tertiary alicyclic amines) is 1. The van der Waals surface area contributed by atoms with Gasteiger partial charge in [-0.2, -0.15) is 0 Å². The molecule has 166 valence electrons. The van der Waals surface area contributed by atoms with Crippen LogP contribution >= 0.6 is 0 Å². The maximum atomic E-state index is 12.6. The summed E-state index contributed by atoms with van der Waals surface area (Å²) >= 11 is 0. The molecular formula is C24H30N2O5. The number of benzene rings is 2. The fourth-order valence-corrected chi connectivity index (χ4v) is 3.61. The third kappa shape index (κ3) is 5.69. The van der Waals surface area contributed by atoms with E-state index in [1.807, 2.05) is 13.0 Å². The molecule has 1 aliphatic heterocycles. The Hall–Kier alpha value is -3.22. The van der Waals surface area contributed by atoms with Gasteiger partial charge < -0.3 is 24.4 Å². The topological polar surface area (TPSA) is 77.1 Å². The zero-order chi connectivity index (χ0) is 22.4. The molecular weight excluding hydrogens is 396 g/mol. The van der Waals surface area contributed by atoms with Gasteiger partial charge in [0.2, 0.25) is 0 Å². The number of esters is 1. The van der Waals surface area contributed by atoms with Gasteiger partial charge in [-0.05, 0) is 48.7 Å². The van der Waals surface area contributed by atoms with E-state index in [1.165, 1.54) is 19.8 Å². The minimum atomic E-state index is -0.476. The number of carbonyl (C=O) groups is 2. The lowest BCUT2D eigenvalue weighted by Crippen LogP contribution is -2.46. The van der Waals surface area contributed by atoms with E-state index in [0.717, 1.165) is 29.7 Å². The molecule has 0 bridgehead atoms. The van der Waals surface area contributed by atoms with E-state index in [2.05, 4.69) is 30.4 Å². The molecule has 2 aromatic carbocycles. The summed E-state index contributed by atoms with van der Waals surface area (Å²) in [5.74, 6) is 0.882. The average Bonchev–Trinajstić information content (AvgIpc) is 2.79. The summed E-state index contributed by atoms with van der Waals surface area (Å²) in [5.41, 5.74) is 3.42. The van der Waals surface area contributed by atoms with Gasteiger partial charge >= 0.3 is 12.0 Å². The SMILES string of the molecule is COC(=O)c1cc(CNC(=O)N2CCC(Oc3cc(C)ccc3C)CC2)ccc1OC. The molecule has 1 saturated heterocycles. The number of hydrogen-bond acceptors (Lipinski definition) is 5. The van der Waals surface area contributed by atoms with Crippen molar-refractivity contribution in [2.75, 3.05) is 27.3 Å². The second-order valence-corrected chi connectivity index (χ2v) is 7.76. The predicted octanol–water partition coefficient (Wildman–Crippen LogP) is 3.85. The highest BCUT2D eigenvalue weighted by Crippen LogP contribution is 2.24. The van der Waals surface area contributed by atoms with Gasteiger partial charge in [0.15, 0.2) is 0 Å². The van der Waals surface area contributed by atoms with Crippen LogP contribution in [0.3, 0.4) is 0 Å². The van der Waals surface area contributed by atoms with Crippen molar-refractivity contribution in [1.29, 1.82) is 0 Å². The normalized spacial score (nSPS) is 14.1. The first-order valence-electron chi connectivity index (χ1n) is 10.4. The van der Waals surface area contributed by atoms with Gasteiger partial charge in [0.1, 0.15) is 23.2 Å². The minimum Gasteiger partial charge on any atom is -0.496 e. The number of hydrogen-bond donors (Lipinski definition) is 1. The number of amides is 2. The van der Waals surface area contributed by atoms with Crippen molar-refractivity contribution in [3.63, 3.8) is 0 Å². The highest BCUT2D eigenvalue weighted by atomic mass is 16.5. The standard InChI is InChI=1S/C24H30N2O5/c1-16-5-6-17(2)22(13-16)31-19-9-11-26(12-10-19)24(28)25-15-18-7-8-21(29-3)20(14-18)23(27)30-4/h5-8,13-14,19H,9-12,15H2,1-4H3,(H,25,28). The molecule has 2 amide bonds. The number of nitrogens with zero attached hydrogens (tertiary/aromatic N) is 1. The van der Waals surface area contributed by atoms with Crippen LogP contribution in [0.15, 0.2) is 36.4 Å². The second-order valence-electron chi connectivity index (χ2n) is 7.76. The summed E-state index contributed by atoms with van der Waals surface area (Å²) in [7, 11) is 2.82. The summed E-state index contributed by atoms with van der Waals surface area (Å²) < 4.78 is 16.2. The summed E-state index contributed by atoms with van der Waals surface area (Å²) in [6.07, 6.45) is 1.68. The molecule has 31 heavy (non-hydrogen) atoms. The van der Waals surface area contributed by atoms with Crippen molar-refractivity contribution in [1.82, 2.24) is 10.2 Å². The number of methoxy groups -OCH3 is 2. The maximum absolute atomic E-state index is 12.6. The Balaban J connectivity index is 1.51. The van der Waals surface area contributed by atoms with Crippen molar-refractivity contribution in [3.8, 4) is 11.5 Å². The summed E-state index contributed by atoms with van der Waals surface area (Å²) in [4.78, 5) is 26.3. The van der Waals surface area contributed by atoms with E-state index in [-0.39, 0.29) is 12.1 Å². The minimum absolute atomic E-state index is 0.105. The van der Waals surface area contributed by atoms with E-state index in [4.69, 9.17) is 14.2 Å². The number of aryl methyl sites for hydroxylation is 2. The molecule has 3 rings (SSSR count). The van der Waals surface area contributed by atoms with Gasteiger partial charge in [0, 0.05) is 32.5 Å². The average molecular weight is 427 g/mol. The molecule has 0 aliphatic carbocycles. The van der Waals surface area contributed by atoms with Crippen LogP contribution < -0.4 is 14.8 Å². The van der Waals surface area contributed by atoms with Crippen LogP contribution in [0.4, 0.5) is 4.79 Å². The van der Waals surface area contributed by atoms with Crippen LogP contribution in [0, 0.1) is 13.8 Å². The Morgan fingerprint density at radius 2 is 1.77 bits per heavy atom. The van der Waals surface area contributed by atoms with Gasteiger partial charge in [0.05, 0.1) is 14.2 Å². The maximum Gasteiger partial charge on any atom is 0.341 e. The molecule has 0 aromatic heterocycles. The quantitative estimate of drug-likeness (QED) is 0.710. The first kappa shape index (κ1) is 22.5. The summed E-state index contributed by atoms with van der Waals surface area (Å²) in [5, 5.41) is 2.92. The second kappa shape index (κ2) is 10.2. The monoisotopic (exact) mass is 426 g/mol.